The quantitative estimate of drug-likeness (QED) is 0.268. The van der Waals surface area contributed by atoms with Crippen LogP contribution in [0, 0.1) is 44.4 Å². The normalized spacial score (nSPS) is 19.8. The summed E-state index contributed by atoms with van der Waals surface area (Å²) >= 11 is 0. The first-order valence-electron chi connectivity index (χ1n) is 14.9. The predicted molar refractivity (Wildman–Crippen MR) is 171 cm³/mol. The van der Waals surface area contributed by atoms with Gasteiger partial charge in [-0.1, -0.05) is 96.1 Å². The van der Waals surface area contributed by atoms with E-state index in [-0.39, 0.29) is 11.0 Å². The van der Waals surface area contributed by atoms with Crippen molar-refractivity contribution in [2.24, 2.45) is 4.99 Å². The summed E-state index contributed by atoms with van der Waals surface area (Å²) in [5, 5.41) is 19.6. The van der Waals surface area contributed by atoms with Gasteiger partial charge >= 0.3 is 0 Å². The number of aryl methyl sites for hydroxylation is 3. The Morgan fingerprint density at radius 3 is 2.12 bits per heavy atom. The zero-order valence-corrected chi connectivity index (χ0v) is 26.2. The van der Waals surface area contributed by atoms with Gasteiger partial charge in [-0.15, -0.1) is 0 Å². The van der Waals surface area contributed by atoms with Gasteiger partial charge in [-0.3, -0.25) is 15.3 Å². The fourth-order valence-corrected chi connectivity index (χ4v) is 6.64. The molecular weight excluding hydrogens is 488 g/mol. The Morgan fingerprint density at radius 1 is 0.900 bits per heavy atom. The summed E-state index contributed by atoms with van der Waals surface area (Å²) in [4.78, 5) is 7.55. The third-order valence-corrected chi connectivity index (χ3v) is 8.65. The van der Waals surface area contributed by atoms with Crippen molar-refractivity contribution < 1.29 is 0 Å². The molecule has 3 aromatic rings. The predicted octanol–water partition coefficient (Wildman–Crippen LogP) is 9.34. The zero-order chi connectivity index (χ0) is 29.8. The van der Waals surface area contributed by atoms with Gasteiger partial charge in [0, 0.05) is 16.5 Å². The SMILES string of the molecule is CC.CC.CCC12C[C@]1(CC)N=C(N(C(=N)c1ccccc1C)c1c(C)cc(C)c(C#N)c1C)c1ccccc12. The van der Waals surface area contributed by atoms with Gasteiger partial charge in [-0.25, -0.2) is 0 Å². The van der Waals surface area contributed by atoms with Crippen molar-refractivity contribution in [3.05, 3.63) is 99.1 Å². The van der Waals surface area contributed by atoms with Crippen molar-refractivity contribution in [3.8, 4) is 6.07 Å². The van der Waals surface area contributed by atoms with Crippen LogP contribution in [0.25, 0.3) is 0 Å². The van der Waals surface area contributed by atoms with Crippen molar-refractivity contribution in [1.82, 2.24) is 0 Å². The van der Waals surface area contributed by atoms with Crippen LogP contribution in [0.15, 0.2) is 59.6 Å². The lowest BCUT2D eigenvalue weighted by molar-refractivity contribution is 0.498. The second-order valence-corrected chi connectivity index (χ2v) is 10.4. The average Bonchev–Trinajstić information content (AvgIpc) is 3.67. The van der Waals surface area contributed by atoms with E-state index in [9.17, 15) is 10.7 Å². The molecule has 0 spiro atoms. The highest BCUT2D eigenvalue weighted by Crippen LogP contribution is 2.66. The van der Waals surface area contributed by atoms with Crippen LogP contribution in [0.3, 0.4) is 0 Å². The molecule has 5 rings (SSSR count). The first-order chi connectivity index (χ1) is 19.2. The van der Waals surface area contributed by atoms with Crippen LogP contribution in [0.1, 0.15) is 105 Å². The molecule has 0 saturated heterocycles. The summed E-state index contributed by atoms with van der Waals surface area (Å²) in [6.07, 6.45) is 3.04. The number of anilines is 1. The van der Waals surface area contributed by atoms with Crippen LogP contribution in [0.5, 0.6) is 0 Å². The maximum absolute atomic E-state index is 10.0. The number of nitrogens with zero attached hydrogens (tertiary/aromatic N) is 3. The molecule has 4 nitrogen and oxygen atoms in total. The molecular formula is C36H46N4. The van der Waals surface area contributed by atoms with Crippen molar-refractivity contribution in [2.45, 2.75) is 99.5 Å². The molecule has 1 N–H and O–H groups in total. The first kappa shape index (κ1) is 30.8. The molecule has 0 aromatic heterocycles. The van der Waals surface area contributed by atoms with Gasteiger partial charge in [-0.2, -0.15) is 5.26 Å². The van der Waals surface area contributed by atoms with Gasteiger partial charge in [0.2, 0.25) is 0 Å². The van der Waals surface area contributed by atoms with E-state index < -0.39 is 0 Å². The lowest BCUT2D eigenvalue weighted by atomic mass is 9.81. The van der Waals surface area contributed by atoms with Gasteiger partial charge < -0.3 is 0 Å². The van der Waals surface area contributed by atoms with Gasteiger partial charge in [0.25, 0.3) is 0 Å². The Hall–Kier alpha value is -3.71. The van der Waals surface area contributed by atoms with Crippen LogP contribution in [-0.2, 0) is 5.41 Å². The minimum atomic E-state index is -0.153. The highest BCUT2D eigenvalue weighted by molar-refractivity contribution is 6.30. The van der Waals surface area contributed by atoms with E-state index in [0.29, 0.717) is 11.4 Å². The van der Waals surface area contributed by atoms with Crippen LogP contribution >= 0.6 is 0 Å². The minimum absolute atomic E-state index is 0.0630. The first-order valence-corrected chi connectivity index (χ1v) is 14.9. The lowest BCUT2D eigenvalue weighted by Gasteiger charge is -2.37. The highest BCUT2D eigenvalue weighted by Gasteiger charge is 2.69. The van der Waals surface area contributed by atoms with E-state index in [1.807, 2.05) is 77.6 Å². The molecule has 1 aliphatic carbocycles. The maximum Gasteiger partial charge on any atom is 0.142 e. The second kappa shape index (κ2) is 12.2. The van der Waals surface area contributed by atoms with E-state index in [4.69, 9.17) is 4.99 Å². The molecule has 1 saturated carbocycles. The number of aliphatic imine (C=N–C) groups is 1. The molecule has 2 aliphatic rings. The number of hydrogen-bond acceptors (Lipinski definition) is 3. The number of benzene rings is 3. The molecule has 0 radical (unpaired) electrons. The topological polar surface area (TPSA) is 63.2 Å². The van der Waals surface area contributed by atoms with E-state index >= 15 is 0 Å². The molecule has 1 aliphatic heterocycles. The van der Waals surface area contributed by atoms with Gasteiger partial charge in [0.05, 0.1) is 22.9 Å². The molecule has 4 heteroatoms. The van der Waals surface area contributed by atoms with Crippen LogP contribution in [0.2, 0.25) is 0 Å². The van der Waals surface area contributed by atoms with Gasteiger partial charge in [0.1, 0.15) is 11.7 Å². The smallest absolute Gasteiger partial charge is 0.142 e. The maximum atomic E-state index is 10.0. The van der Waals surface area contributed by atoms with Crippen LogP contribution in [-0.4, -0.2) is 17.2 Å². The third-order valence-electron chi connectivity index (χ3n) is 8.65. The monoisotopic (exact) mass is 534 g/mol. The fourth-order valence-electron chi connectivity index (χ4n) is 6.64. The Labute approximate surface area is 242 Å². The highest BCUT2D eigenvalue weighted by atomic mass is 15.3. The standard InChI is InChI=1S/C32H34N4.2C2H6/c1-7-31-19-32(31,8-2)35-30(25-15-11-12-16-27(25)31)36(29(34)24-14-10-9-13-20(24)3)28-22(5)17-21(4)26(18-33)23(28)6;2*1-2/h9-17,34H,7-8,19H2,1-6H3;2*1-2H3/t31?,32-;;/m0../s1. The summed E-state index contributed by atoms with van der Waals surface area (Å²) in [5.74, 6) is 1.21. The third kappa shape index (κ3) is 4.66. The number of rotatable bonds is 4. The Balaban J connectivity index is 0.00000106. The van der Waals surface area contributed by atoms with Crippen LogP contribution < -0.4 is 4.90 Å². The van der Waals surface area contributed by atoms with Crippen molar-refractivity contribution in [2.75, 3.05) is 4.90 Å². The van der Waals surface area contributed by atoms with Crippen molar-refractivity contribution in [3.63, 3.8) is 0 Å². The summed E-state index contributed by atoms with van der Waals surface area (Å²) < 4.78 is 0. The minimum Gasteiger partial charge on any atom is -0.283 e. The van der Waals surface area contributed by atoms with E-state index in [1.54, 1.807) is 0 Å². The fraction of sp³-hybridized carbons (Fsp3) is 0.417. The van der Waals surface area contributed by atoms with Crippen molar-refractivity contribution >= 4 is 17.4 Å². The van der Waals surface area contributed by atoms with E-state index in [1.165, 1.54) is 5.56 Å². The summed E-state index contributed by atoms with van der Waals surface area (Å²) in [7, 11) is 0. The van der Waals surface area contributed by atoms with Crippen molar-refractivity contribution in [1.29, 1.82) is 10.7 Å². The molecule has 1 fully saturated rings. The number of fused-ring (bicyclic) bond motifs is 3. The van der Waals surface area contributed by atoms with Gasteiger partial charge in [-0.05, 0) is 74.8 Å². The summed E-state index contributed by atoms with van der Waals surface area (Å²) in [5.41, 5.74) is 8.69. The summed E-state index contributed by atoms with van der Waals surface area (Å²) in [6, 6.07) is 21.1. The zero-order valence-electron chi connectivity index (χ0n) is 26.2. The Morgan fingerprint density at radius 2 is 1.52 bits per heavy atom. The molecule has 3 aromatic carbocycles. The number of hydrogen-bond donors (Lipinski definition) is 1. The molecule has 1 heterocycles. The molecule has 0 amide bonds. The van der Waals surface area contributed by atoms with E-state index in [0.717, 1.165) is 64.2 Å². The number of nitrogens with one attached hydrogen (secondary N) is 1. The molecule has 210 valence electrons. The molecule has 0 bridgehead atoms. The lowest BCUT2D eigenvalue weighted by Crippen LogP contribution is -2.44. The number of nitriles is 1. The molecule has 40 heavy (non-hydrogen) atoms. The average molecular weight is 535 g/mol. The second-order valence-electron chi connectivity index (χ2n) is 10.4. The number of amidine groups is 2. The Bertz CT molecular complexity index is 1470. The largest absolute Gasteiger partial charge is 0.283 e. The molecule has 1 unspecified atom stereocenters. The van der Waals surface area contributed by atoms with E-state index in [2.05, 4.69) is 57.2 Å². The van der Waals surface area contributed by atoms with Crippen LogP contribution in [0.4, 0.5) is 5.69 Å². The summed E-state index contributed by atoms with van der Waals surface area (Å²) in [6.45, 7) is 20.6. The van der Waals surface area contributed by atoms with Gasteiger partial charge in [0.15, 0.2) is 0 Å². The molecule has 2 atom stereocenters. The Kier molecular flexibility index (Phi) is 9.41.